The number of carbonyl (C=O) groups excluding carboxylic acids is 1. The molecule has 2 aromatic carbocycles. The van der Waals surface area contributed by atoms with E-state index in [1.807, 2.05) is 12.1 Å². The fourth-order valence-electron chi connectivity index (χ4n) is 2.69. The number of fused-ring (bicyclic) bond motifs is 1. The third kappa shape index (κ3) is 4.46. The maximum absolute atomic E-state index is 12.6. The van der Waals surface area contributed by atoms with Crippen molar-refractivity contribution in [1.82, 2.24) is 10.3 Å². The Hall–Kier alpha value is -3.42. The van der Waals surface area contributed by atoms with Gasteiger partial charge in [0.25, 0.3) is 5.91 Å². The quantitative estimate of drug-likeness (QED) is 0.699. The molecule has 0 aliphatic heterocycles. The van der Waals surface area contributed by atoms with Crippen molar-refractivity contribution in [2.75, 3.05) is 0 Å². The second-order valence-electron chi connectivity index (χ2n) is 6.15. The first-order chi connectivity index (χ1) is 13.2. The van der Waals surface area contributed by atoms with Crippen LogP contribution in [0.25, 0.3) is 10.9 Å². The van der Waals surface area contributed by atoms with Gasteiger partial charge in [0.2, 0.25) is 0 Å². The molecule has 28 heavy (non-hydrogen) atoms. The summed E-state index contributed by atoms with van der Waals surface area (Å²) in [6.45, 7) is 0. The molecule has 8 heteroatoms. The van der Waals surface area contributed by atoms with Crippen LogP contribution in [0, 0.1) is 0 Å². The van der Waals surface area contributed by atoms with Crippen LogP contribution in [0.15, 0.2) is 60.7 Å². The first-order valence-corrected chi connectivity index (χ1v) is 8.29. The van der Waals surface area contributed by atoms with Crippen LogP contribution < -0.4 is 5.32 Å². The molecule has 1 atom stereocenters. The van der Waals surface area contributed by atoms with E-state index >= 15 is 0 Å². The maximum atomic E-state index is 12.6. The molecule has 1 aromatic heterocycles. The highest BCUT2D eigenvalue weighted by molar-refractivity contribution is 5.97. The van der Waals surface area contributed by atoms with Crippen LogP contribution in [-0.2, 0) is 17.4 Å². The molecule has 144 valence electrons. The maximum Gasteiger partial charge on any atom is 0.416 e. The summed E-state index contributed by atoms with van der Waals surface area (Å²) in [5.74, 6) is -1.97. The molecule has 0 unspecified atom stereocenters. The number of para-hydroxylation sites is 1. The summed E-state index contributed by atoms with van der Waals surface area (Å²) in [5.41, 5.74) is 0.168. The van der Waals surface area contributed by atoms with Crippen LogP contribution in [0.5, 0.6) is 0 Å². The van der Waals surface area contributed by atoms with Crippen molar-refractivity contribution in [3.05, 3.63) is 77.5 Å². The first kappa shape index (κ1) is 19.3. The number of rotatable bonds is 5. The number of carboxylic acid groups (broad SMARTS) is 1. The average Bonchev–Trinajstić information content (AvgIpc) is 2.66. The van der Waals surface area contributed by atoms with E-state index in [-0.39, 0.29) is 12.1 Å². The summed E-state index contributed by atoms with van der Waals surface area (Å²) in [5, 5.41) is 12.6. The number of carbonyl (C=O) groups is 2. The second-order valence-corrected chi connectivity index (χ2v) is 6.15. The Bertz CT molecular complexity index is 1020. The normalized spacial score (nSPS) is 12.5. The zero-order valence-electron chi connectivity index (χ0n) is 14.4. The number of hydrogen-bond acceptors (Lipinski definition) is 3. The van der Waals surface area contributed by atoms with Crippen molar-refractivity contribution in [2.24, 2.45) is 0 Å². The van der Waals surface area contributed by atoms with Crippen molar-refractivity contribution < 1.29 is 27.9 Å². The van der Waals surface area contributed by atoms with Gasteiger partial charge < -0.3 is 10.4 Å². The minimum atomic E-state index is -4.47. The van der Waals surface area contributed by atoms with Crippen LogP contribution >= 0.6 is 0 Å². The highest BCUT2D eigenvalue weighted by atomic mass is 19.4. The molecule has 0 fully saturated rings. The van der Waals surface area contributed by atoms with Crippen LogP contribution in [0.2, 0.25) is 0 Å². The van der Waals surface area contributed by atoms with E-state index in [1.54, 1.807) is 18.2 Å². The van der Waals surface area contributed by atoms with Crippen molar-refractivity contribution in [2.45, 2.75) is 18.6 Å². The number of aliphatic carboxylic acids is 1. The zero-order valence-corrected chi connectivity index (χ0v) is 14.4. The minimum Gasteiger partial charge on any atom is -0.480 e. The summed E-state index contributed by atoms with van der Waals surface area (Å²) < 4.78 is 37.9. The molecule has 0 radical (unpaired) electrons. The van der Waals surface area contributed by atoms with E-state index in [2.05, 4.69) is 10.3 Å². The van der Waals surface area contributed by atoms with Crippen molar-refractivity contribution in [3.63, 3.8) is 0 Å². The first-order valence-electron chi connectivity index (χ1n) is 8.29. The fraction of sp³-hybridized carbons (Fsp3) is 0.150. The number of pyridine rings is 1. The number of hydrogen-bond donors (Lipinski definition) is 2. The lowest BCUT2D eigenvalue weighted by Crippen LogP contribution is -2.42. The summed E-state index contributed by atoms with van der Waals surface area (Å²) in [4.78, 5) is 28.1. The van der Waals surface area contributed by atoms with Gasteiger partial charge >= 0.3 is 12.1 Å². The van der Waals surface area contributed by atoms with Gasteiger partial charge in [-0.05, 0) is 29.8 Å². The molecule has 0 saturated heterocycles. The van der Waals surface area contributed by atoms with Crippen molar-refractivity contribution in [3.8, 4) is 0 Å². The molecular weight excluding hydrogens is 373 g/mol. The summed E-state index contributed by atoms with van der Waals surface area (Å²) in [6.07, 6.45) is -4.63. The van der Waals surface area contributed by atoms with E-state index in [1.165, 1.54) is 18.2 Å². The molecule has 3 rings (SSSR count). The van der Waals surface area contributed by atoms with Crippen molar-refractivity contribution >= 4 is 22.8 Å². The number of benzene rings is 2. The van der Waals surface area contributed by atoms with Gasteiger partial charge in [0.15, 0.2) is 0 Å². The molecule has 0 spiro atoms. The van der Waals surface area contributed by atoms with Gasteiger partial charge in [-0.2, -0.15) is 13.2 Å². The van der Waals surface area contributed by atoms with Crippen LogP contribution in [0.1, 0.15) is 21.6 Å². The van der Waals surface area contributed by atoms with E-state index in [4.69, 9.17) is 0 Å². The Kier molecular flexibility index (Phi) is 5.30. The Balaban J connectivity index is 1.75. The number of nitrogens with one attached hydrogen (secondary N) is 1. The van der Waals surface area contributed by atoms with E-state index in [0.29, 0.717) is 11.1 Å². The highest BCUT2D eigenvalue weighted by Gasteiger charge is 2.30. The number of carboxylic acids is 1. The smallest absolute Gasteiger partial charge is 0.416 e. The number of halogens is 3. The van der Waals surface area contributed by atoms with Crippen molar-refractivity contribution in [1.29, 1.82) is 0 Å². The Morgan fingerprint density at radius 1 is 1.00 bits per heavy atom. The lowest BCUT2D eigenvalue weighted by Gasteiger charge is -2.15. The SMILES string of the molecule is O=C(N[C@H](Cc1ccc(C(F)(F)F)cc1)C(=O)O)c1ccc2ccccc2n1. The second kappa shape index (κ2) is 7.67. The van der Waals surface area contributed by atoms with Crippen LogP contribution in [-0.4, -0.2) is 28.0 Å². The van der Waals surface area contributed by atoms with Gasteiger partial charge in [0.05, 0.1) is 11.1 Å². The number of nitrogens with zero attached hydrogens (tertiary/aromatic N) is 1. The van der Waals surface area contributed by atoms with Gasteiger partial charge in [-0.3, -0.25) is 4.79 Å². The Morgan fingerprint density at radius 2 is 1.68 bits per heavy atom. The summed E-state index contributed by atoms with van der Waals surface area (Å²) in [6, 6.07) is 13.2. The van der Waals surface area contributed by atoms with E-state index < -0.39 is 29.7 Å². The van der Waals surface area contributed by atoms with E-state index in [0.717, 1.165) is 17.5 Å². The molecule has 2 N–H and O–H groups in total. The largest absolute Gasteiger partial charge is 0.480 e. The standard InChI is InChI=1S/C20H15F3N2O3/c21-20(22,23)14-8-5-12(6-9-14)11-17(19(27)28)25-18(26)16-10-7-13-3-1-2-4-15(13)24-16/h1-10,17H,11H2,(H,25,26)(H,27,28)/t17-/m1/s1. The Labute approximate surface area is 157 Å². The third-order valence-corrected chi connectivity index (χ3v) is 4.16. The minimum absolute atomic E-state index is 0.0531. The number of amides is 1. The monoisotopic (exact) mass is 388 g/mol. The van der Waals surface area contributed by atoms with Gasteiger partial charge in [-0.15, -0.1) is 0 Å². The van der Waals surface area contributed by atoms with Gasteiger partial charge in [0, 0.05) is 11.8 Å². The fourth-order valence-corrected chi connectivity index (χ4v) is 2.69. The predicted molar refractivity (Wildman–Crippen MR) is 95.8 cm³/mol. The highest BCUT2D eigenvalue weighted by Crippen LogP contribution is 2.29. The van der Waals surface area contributed by atoms with Crippen LogP contribution in [0.4, 0.5) is 13.2 Å². The summed E-state index contributed by atoms with van der Waals surface area (Å²) in [7, 11) is 0. The molecule has 5 nitrogen and oxygen atoms in total. The summed E-state index contributed by atoms with van der Waals surface area (Å²) >= 11 is 0. The van der Waals surface area contributed by atoms with Gasteiger partial charge in [-0.1, -0.05) is 36.4 Å². The third-order valence-electron chi connectivity index (χ3n) is 4.16. The molecule has 0 saturated carbocycles. The average molecular weight is 388 g/mol. The molecule has 0 aliphatic rings. The van der Waals surface area contributed by atoms with Gasteiger partial charge in [0.1, 0.15) is 11.7 Å². The molecule has 3 aromatic rings. The molecule has 0 bridgehead atoms. The molecule has 0 aliphatic carbocycles. The number of aromatic nitrogens is 1. The zero-order chi connectivity index (χ0) is 20.3. The molecule has 1 amide bonds. The molecule has 1 heterocycles. The lowest BCUT2D eigenvalue weighted by atomic mass is 10.0. The predicted octanol–water partition coefficient (Wildman–Crippen LogP) is 3.68. The molecular formula is C20H15F3N2O3. The topological polar surface area (TPSA) is 79.3 Å². The lowest BCUT2D eigenvalue weighted by molar-refractivity contribution is -0.139. The van der Waals surface area contributed by atoms with E-state index in [9.17, 15) is 27.9 Å². The van der Waals surface area contributed by atoms with Crippen LogP contribution in [0.3, 0.4) is 0 Å². The number of alkyl halides is 3. The Morgan fingerprint density at radius 3 is 2.32 bits per heavy atom. The van der Waals surface area contributed by atoms with Gasteiger partial charge in [-0.25, -0.2) is 9.78 Å².